The number of nitrogens with zero attached hydrogens (tertiary/aromatic N) is 3. The highest BCUT2D eigenvalue weighted by Crippen LogP contribution is 2.43. The number of nitrogens with two attached hydrogens (primary N) is 1. The van der Waals surface area contributed by atoms with Gasteiger partial charge in [-0.2, -0.15) is 0 Å². The fourth-order valence-electron chi connectivity index (χ4n) is 4.01. The molecule has 2 aromatic rings. The molecule has 29 heavy (non-hydrogen) atoms. The van der Waals surface area contributed by atoms with Crippen LogP contribution in [0.2, 0.25) is 0 Å². The minimum absolute atomic E-state index is 0.105. The van der Waals surface area contributed by atoms with Crippen molar-refractivity contribution in [3.63, 3.8) is 0 Å². The molecule has 4 rings (SSSR count). The Labute approximate surface area is 170 Å². The van der Waals surface area contributed by atoms with E-state index in [1.54, 1.807) is 6.20 Å². The quantitative estimate of drug-likeness (QED) is 0.814. The van der Waals surface area contributed by atoms with Crippen LogP contribution in [0.4, 0.5) is 5.69 Å². The second-order valence-electron chi connectivity index (χ2n) is 7.84. The van der Waals surface area contributed by atoms with Crippen LogP contribution in [-0.2, 0) is 12.8 Å². The molecule has 1 amide bonds. The van der Waals surface area contributed by atoms with E-state index < -0.39 is 5.91 Å². The summed E-state index contributed by atoms with van der Waals surface area (Å²) >= 11 is 0. The fourth-order valence-corrected chi connectivity index (χ4v) is 4.01. The van der Waals surface area contributed by atoms with E-state index >= 15 is 0 Å². The van der Waals surface area contributed by atoms with Gasteiger partial charge in [0.25, 0.3) is 5.91 Å². The molecule has 0 bridgehead atoms. The minimum atomic E-state index is -0.498. The molecule has 1 unspecified atom stereocenters. The summed E-state index contributed by atoms with van der Waals surface area (Å²) in [6.45, 7) is 3.40. The van der Waals surface area contributed by atoms with E-state index in [-0.39, 0.29) is 6.10 Å². The number of rotatable bonds is 6. The summed E-state index contributed by atoms with van der Waals surface area (Å²) in [7, 11) is 3.97. The third kappa shape index (κ3) is 3.82. The number of hydrogen-bond donors (Lipinski definition) is 1. The molecule has 0 fully saturated rings. The van der Waals surface area contributed by atoms with Crippen molar-refractivity contribution < 1.29 is 14.3 Å². The highest BCUT2D eigenvalue weighted by Gasteiger charge is 2.26. The van der Waals surface area contributed by atoms with Crippen LogP contribution >= 0.6 is 0 Å². The number of aromatic nitrogens is 1. The molecule has 0 saturated carbocycles. The van der Waals surface area contributed by atoms with Gasteiger partial charge in [-0.05, 0) is 46.0 Å². The Hall–Kier alpha value is -2.93. The van der Waals surface area contributed by atoms with Crippen molar-refractivity contribution in [2.24, 2.45) is 10.7 Å². The lowest BCUT2D eigenvalue weighted by atomic mass is 9.94. The first-order chi connectivity index (χ1) is 13.9. The maximum absolute atomic E-state index is 12.3. The standard InChI is InChI=1S/C22H26N4O3/c1-13(12-26(2)3)29-18-10-17(20-16(6-7-24-20)19(18)21(23)27)15-9-14-5-4-8-28-22(14)25-11-15/h7,9-11,13H,4-6,8,12H2,1-3H3,(H2,23,27). The minimum Gasteiger partial charge on any atom is -0.489 e. The molecule has 0 radical (unpaired) electrons. The number of carbonyl (C=O) groups excluding carboxylic acids is 1. The summed E-state index contributed by atoms with van der Waals surface area (Å²) in [6, 6.07) is 3.97. The molecule has 152 valence electrons. The second kappa shape index (κ2) is 7.83. The van der Waals surface area contributed by atoms with Gasteiger partial charge < -0.3 is 20.1 Å². The van der Waals surface area contributed by atoms with E-state index in [9.17, 15) is 4.79 Å². The Balaban J connectivity index is 1.82. The molecule has 1 aromatic carbocycles. The molecule has 0 saturated heterocycles. The van der Waals surface area contributed by atoms with Crippen molar-refractivity contribution in [1.82, 2.24) is 9.88 Å². The molecule has 3 heterocycles. The van der Waals surface area contributed by atoms with Crippen molar-refractivity contribution >= 4 is 17.8 Å². The highest BCUT2D eigenvalue weighted by atomic mass is 16.5. The first-order valence-electron chi connectivity index (χ1n) is 9.89. The van der Waals surface area contributed by atoms with Crippen LogP contribution < -0.4 is 15.2 Å². The van der Waals surface area contributed by atoms with E-state index in [4.69, 9.17) is 15.2 Å². The van der Waals surface area contributed by atoms with Gasteiger partial charge in [0.15, 0.2) is 0 Å². The van der Waals surface area contributed by atoms with Gasteiger partial charge in [0, 0.05) is 47.6 Å². The predicted octanol–water partition coefficient (Wildman–Crippen LogP) is 2.76. The Kier molecular flexibility index (Phi) is 5.24. The summed E-state index contributed by atoms with van der Waals surface area (Å²) < 4.78 is 11.8. The smallest absolute Gasteiger partial charge is 0.252 e. The number of carbonyl (C=O) groups is 1. The maximum atomic E-state index is 12.3. The second-order valence-corrected chi connectivity index (χ2v) is 7.84. The number of benzene rings is 1. The lowest BCUT2D eigenvalue weighted by Crippen LogP contribution is -2.29. The molecule has 2 aliphatic heterocycles. The van der Waals surface area contributed by atoms with Crippen LogP contribution in [-0.4, -0.2) is 55.4 Å². The first kappa shape index (κ1) is 19.4. The Morgan fingerprint density at radius 1 is 1.38 bits per heavy atom. The van der Waals surface area contributed by atoms with Gasteiger partial charge >= 0.3 is 0 Å². The number of pyridine rings is 1. The highest BCUT2D eigenvalue weighted by molar-refractivity contribution is 6.03. The van der Waals surface area contributed by atoms with E-state index in [0.717, 1.165) is 47.3 Å². The molecule has 2 aliphatic rings. The van der Waals surface area contributed by atoms with E-state index in [1.807, 2.05) is 38.2 Å². The van der Waals surface area contributed by atoms with Crippen molar-refractivity contribution in [3.05, 3.63) is 35.0 Å². The average molecular weight is 394 g/mol. The van der Waals surface area contributed by atoms with Gasteiger partial charge in [0.05, 0.1) is 17.9 Å². The molecule has 0 spiro atoms. The number of likely N-dealkylation sites (N-methyl/N-ethyl adjacent to an activating group) is 1. The number of ether oxygens (including phenoxy) is 2. The Bertz CT molecular complexity index is 985. The Morgan fingerprint density at radius 2 is 2.21 bits per heavy atom. The lowest BCUT2D eigenvalue weighted by Gasteiger charge is -2.22. The molecule has 1 aromatic heterocycles. The van der Waals surface area contributed by atoms with E-state index in [0.29, 0.717) is 30.2 Å². The van der Waals surface area contributed by atoms with Crippen LogP contribution in [0.1, 0.15) is 34.8 Å². The average Bonchev–Trinajstić information content (AvgIpc) is 3.15. The zero-order valence-corrected chi connectivity index (χ0v) is 17.1. The summed E-state index contributed by atoms with van der Waals surface area (Å²) in [5.41, 5.74) is 10.7. The zero-order valence-electron chi connectivity index (χ0n) is 17.1. The molecule has 7 nitrogen and oxygen atoms in total. The topological polar surface area (TPSA) is 90.0 Å². The van der Waals surface area contributed by atoms with Crippen LogP contribution in [0, 0.1) is 0 Å². The number of aryl methyl sites for hydroxylation is 1. The van der Waals surface area contributed by atoms with Crippen molar-refractivity contribution in [3.8, 4) is 22.8 Å². The van der Waals surface area contributed by atoms with Gasteiger partial charge in [-0.25, -0.2) is 4.98 Å². The number of fused-ring (bicyclic) bond motifs is 2. The number of aliphatic imine (C=N–C) groups is 1. The summed E-state index contributed by atoms with van der Waals surface area (Å²) in [4.78, 5) is 23.4. The molecule has 2 N–H and O–H groups in total. The van der Waals surface area contributed by atoms with Gasteiger partial charge in [0.2, 0.25) is 5.88 Å². The third-order valence-electron chi connectivity index (χ3n) is 5.14. The van der Waals surface area contributed by atoms with E-state index in [2.05, 4.69) is 16.0 Å². The van der Waals surface area contributed by atoms with Gasteiger partial charge in [0.1, 0.15) is 11.9 Å². The number of amides is 1. The van der Waals surface area contributed by atoms with Crippen LogP contribution in [0.5, 0.6) is 11.6 Å². The van der Waals surface area contributed by atoms with Crippen molar-refractivity contribution in [1.29, 1.82) is 0 Å². The van der Waals surface area contributed by atoms with Gasteiger partial charge in [-0.1, -0.05) is 0 Å². The van der Waals surface area contributed by atoms with Gasteiger partial charge in [-0.15, -0.1) is 0 Å². The van der Waals surface area contributed by atoms with Crippen LogP contribution in [0.15, 0.2) is 23.3 Å². The molecular formula is C22H26N4O3. The summed E-state index contributed by atoms with van der Waals surface area (Å²) in [5.74, 6) is 0.701. The van der Waals surface area contributed by atoms with E-state index in [1.165, 1.54) is 0 Å². The first-order valence-corrected chi connectivity index (χ1v) is 9.89. The monoisotopic (exact) mass is 394 g/mol. The third-order valence-corrected chi connectivity index (χ3v) is 5.14. The SMILES string of the molecule is CC(CN(C)C)Oc1cc(-c2cnc3c(c2)CCCO3)c2c(c1C(N)=O)CC=N2. The number of hydrogen-bond acceptors (Lipinski definition) is 6. The predicted molar refractivity (Wildman–Crippen MR) is 113 cm³/mol. The van der Waals surface area contributed by atoms with Gasteiger partial charge in [-0.3, -0.25) is 9.79 Å². The fraction of sp³-hybridized carbons (Fsp3) is 0.409. The number of primary amides is 1. The Morgan fingerprint density at radius 3 is 2.97 bits per heavy atom. The maximum Gasteiger partial charge on any atom is 0.252 e. The van der Waals surface area contributed by atoms with Crippen LogP contribution in [0.3, 0.4) is 0 Å². The summed E-state index contributed by atoms with van der Waals surface area (Å²) in [5, 5.41) is 0. The molecular weight excluding hydrogens is 368 g/mol. The molecule has 0 aliphatic carbocycles. The molecule has 7 heteroatoms. The van der Waals surface area contributed by atoms with Crippen LogP contribution in [0.25, 0.3) is 11.1 Å². The largest absolute Gasteiger partial charge is 0.489 e. The van der Waals surface area contributed by atoms with Crippen molar-refractivity contribution in [2.75, 3.05) is 27.2 Å². The lowest BCUT2D eigenvalue weighted by molar-refractivity contribution is 0.0991. The molecule has 1 atom stereocenters. The van der Waals surface area contributed by atoms with Crippen molar-refractivity contribution in [2.45, 2.75) is 32.3 Å². The zero-order chi connectivity index (χ0) is 20.5. The normalized spacial score (nSPS) is 15.6. The summed E-state index contributed by atoms with van der Waals surface area (Å²) in [6.07, 6.45) is 5.97.